The second-order valence-corrected chi connectivity index (χ2v) is 4.50. The smallest absolute Gasteiger partial charge is 0.0406 e. The van der Waals surface area contributed by atoms with Crippen molar-refractivity contribution in [3.05, 3.63) is 34.9 Å². The highest BCUT2D eigenvalue weighted by Crippen LogP contribution is 2.12. The van der Waals surface area contributed by atoms with Crippen molar-refractivity contribution in [3.63, 3.8) is 0 Å². The Balaban J connectivity index is 2.22. The van der Waals surface area contributed by atoms with Crippen LogP contribution in [-0.2, 0) is 6.42 Å². The summed E-state index contributed by atoms with van der Waals surface area (Å²) < 4.78 is 0. The molecule has 1 nitrogen and oxygen atoms in total. The maximum Gasteiger partial charge on any atom is 0.0406 e. The molecule has 2 heteroatoms. The molecule has 1 aromatic carbocycles. The molecule has 84 valence electrons. The summed E-state index contributed by atoms with van der Waals surface area (Å²) >= 11 is 5.82. The molecule has 0 radical (unpaired) electrons. The quantitative estimate of drug-likeness (QED) is 0.783. The molecule has 0 spiro atoms. The summed E-state index contributed by atoms with van der Waals surface area (Å²) in [5.41, 5.74) is 7.30. The van der Waals surface area contributed by atoms with Crippen LogP contribution in [0.5, 0.6) is 0 Å². The van der Waals surface area contributed by atoms with Gasteiger partial charge in [0.1, 0.15) is 0 Å². The van der Waals surface area contributed by atoms with Crippen molar-refractivity contribution in [2.24, 2.45) is 5.73 Å². The zero-order chi connectivity index (χ0) is 11.1. The predicted molar refractivity (Wildman–Crippen MR) is 67.3 cm³/mol. The van der Waals surface area contributed by atoms with Gasteiger partial charge in [0.2, 0.25) is 0 Å². The Morgan fingerprint density at radius 1 is 1.20 bits per heavy atom. The highest BCUT2D eigenvalue weighted by Gasteiger charge is 2.01. The molecule has 0 fully saturated rings. The summed E-state index contributed by atoms with van der Waals surface area (Å²) in [7, 11) is 0. The molecule has 1 unspecified atom stereocenters. The second-order valence-electron chi connectivity index (χ2n) is 4.07. The molecular weight excluding hydrogens is 206 g/mol. The van der Waals surface area contributed by atoms with Gasteiger partial charge in [-0.15, -0.1) is 0 Å². The Morgan fingerprint density at radius 3 is 2.47 bits per heavy atom. The van der Waals surface area contributed by atoms with Crippen molar-refractivity contribution in [3.8, 4) is 0 Å². The summed E-state index contributed by atoms with van der Waals surface area (Å²) in [6, 6.07) is 8.45. The molecular formula is C13H20ClN. The lowest BCUT2D eigenvalue weighted by molar-refractivity contribution is 0.539. The molecule has 1 rings (SSSR count). The third-order valence-corrected chi connectivity index (χ3v) is 2.87. The van der Waals surface area contributed by atoms with E-state index in [1.807, 2.05) is 12.1 Å². The zero-order valence-electron chi connectivity index (χ0n) is 9.38. The van der Waals surface area contributed by atoms with Crippen LogP contribution in [0.2, 0.25) is 5.02 Å². The van der Waals surface area contributed by atoms with Crippen LogP contribution in [0.1, 0.15) is 38.2 Å². The van der Waals surface area contributed by atoms with E-state index in [0.29, 0.717) is 6.04 Å². The van der Waals surface area contributed by atoms with E-state index < -0.39 is 0 Å². The van der Waals surface area contributed by atoms with Gasteiger partial charge in [0, 0.05) is 11.1 Å². The van der Waals surface area contributed by atoms with Gasteiger partial charge in [-0.2, -0.15) is 0 Å². The molecule has 1 atom stereocenters. The van der Waals surface area contributed by atoms with Crippen LogP contribution >= 0.6 is 11.6 Å². The largest absolute Gasteiger partial charge is 0.328 e. The number of halogens is 1. The zero-order valence-corrected chi connectivity index (χ0v) is 10.1. The maximum absolute atomic E-state index is 5.95. The van der Waals surface area contributed by atoms with Crippen molar-refractivity contribution in [1.29, 1.82) is 0 Å². The lowest BCUT2D eigenvalue weighted by atomic mass is 10.0. The minimum absolute atomic E-state index is 0.377. The number of benzene rings is 1. The first-order chi connectivity index (χ1) is 7.22. The first-order valence-corrected chi connectivity index (χ1v) is 6.10. The van der Waals surface area contributed by atoms with E-state index in [1.54, 1.807) is 0 Å². The van der Waals surface area contributed by atoms with Crippen LogP contribution in [0, 0.1) is 0 Å². The number of nitrogens with two attached hydrogens (primary N) is 1. The van der Waals surface area contributed by atoms with Crippen LogP contribution < -0.4 is 5.73 Å². The molecule has 0 saturated heterocycles. The van der Waals surface area contributed by atoms with E-state index in [9.17, 15) is 0 Å². The Kier molecular flexibility index (Phi) is 5.74. The first kappa shape index (κ1) is 12.5. The fraction of sp³-hybridized carbons (Fsp3) is 0.538. The maximum atomic E-state index is 5.95. The van der Waals surface area contributed by atoms with Gasteiger partial charge < -0.3 is 5.73 Å². The van der Waals surface area contributed by atoms with E-state index in [4.69, 9.17) is 17.3 Å². The van der Waals surface area contributed by atoms with Gasteiger partial charge in [0.25, 0.3) is 0 Å². The fourth-order valence-electron chi connectivity index (χ4n) is 1.73. The van der Waals surface area contributed by atoms with Gasteiger partial charge in [-0.1, -0.05) is 37.1 Å². The van der Waals surface area contributed by atoms with Crippen LogP contribution in [0.4, 0.5) is 0 Å². The highest BCUT2D eigenvalue weighted by molar-refractivity contribution is 6.30. The Bertz CT molecular complexity index is 268. The second kappa shape index (κ2) is 6.86. The first-order valence-electron chi connectivity index (χ1n) is 5.72. The lowest BCUT2D eigenvalue weighted by Crippen LogP contribution is -2.19. The monoisotopic (exact) mass is 225 g/mol. The van der Waals surface area contributed by atoms with Gasteiger partial charge in [0.05, 0.1) is 0 Å². The van der Waals surface area contributed by atoms with Crippen molar-refractivity contribution >= 4 is 11.6 Å². The summed E-state index contributed by atoms with van der Waals surface area (Å²) in [4.78, 5) is 0. The normalized spacial score (nSPS) is 12.7. The Labute approximate surface area is 97.6 Å². The van der Waals surface area contributed by atoms with E-state index in [-0.39, 0.29) is 0 Å². The van der Waals surface area contributed by atoms with Crippen molar-refractivity contribution in [1.82, 2.24) is 0 Å². The summed E-state index contributed by atoms with van der Waals surface area (Å²) in [6.45, 7) is 2.18. The predicted octanol–water partition coefficient (Wildman–Crippen LogP) is 3.79. The molecule has 0 aliphatic carbocycles. The molecule has 0 aromatic heterocycles. The van der Waals surface area contributed by atoms with Crippen LogP contribution in [0.3, 0.4) is 0 Å². The molecule has 0 aliphatic rings. The molecule has 0 heterocycles. The summed E-state index contributed by atoms with van der Waals surface area (Å²) in [5.74, 6) is 0. The summed E-state index contributed by atoms with van der Waals surface area (Å²) in [6.07, 6.45) is 5.72. The number of rotatable bonds is 6. The average Bonchev–Trinajstić information content (AvgIpc) is 2.21. The SMILES string of the molecule is CCCC(N)CCCc1ccc(Cl)cc1. The summed E-state index contributed by atoms with van der Waals surface area (Å²) in [5, 5.41) is 0.807. The fourth-order valence-corrected chi connectivity index (χ4v) is 1.86. The van der Waals surface area contributed by atoms with Crippen LogP contribution in [0.15, 0.2) is 24.3 Å². The number of hydrogen-bond acceptors (Lipinski definition) is 1. The van der Waals surface area contributed by atoms with E-state index in [2.05, 4.69) is 19.1 Å². The van der Waals surface area contributed by atoms with E-state index in [0.717, 1.165) is 24.3 Å². The molecule has 0 aliphatic heterocycles. The van der Waals surface area contributed by atoms with Gasteiger partial charge >= 0.3 is 0 Å². The third-order valence-electron chi connectivity index (χ3n) is 2.61. The van der Waals surface area contributed by atoms with Crippen molar-refractivity contribution < 1.29 is 0 Å². The van der Waals surface area contributed by atoms with Crippen LogP contribution in [0.25, 0.3) is 0 Å². The average molecular weight is 226 g/mol. The Morgan fingerprint density at radius 2 is 1.87 bits per heavy atom. The molecule has 15 heavy (non-hydrogen) atoms. The van der Waals surface area contributed by atoms with Gasteiger partial charge in [-0.25, -0.2) is 0 Å². The number of hydrogen-bond donors (Lipinski definition) is 1. The van der Waals surface area contributed by atoms with E-state index >= 15 is 0 Å². The minimum Gasteiger partial charge on any atom is -0.328 e. The lowest BCUT2D eigenvalue weighted by Gasteiger charge is -2.09. The Hall–Kier alpha value is -0.530. The van der Waals surface area contributed by atoms with E-state index in [1.165, 1.54) is 18.4 Å². The molecule has 0 amide bonds. The molecule has 1 aromatic rings. The van der Waals surface area contributed by atoms with Crippen LogP contribution in [-0.4, -0.2) is 6.04 Å². The van der Waals surface area contributed by atoms with Gasteiger partial charge in [-0.05, 0) is 43.4 Å². The van der Waals surface area contributed by atoms with Crippen molar-refractivity contribution in [2.75, 3.05) is 0 Å². The van der Waals surface area contributed by atoms with Gasteiger partial charge in [0.15, 0.2) is 0 Å². The van der Waals surface area contributed by atoms with Crippen molar-refractivity contribution in [2.45, 2.75) is 45.1 Å². The van der Waals surface area contributed by atoms with Gasteiger partial charge in [-0.3, -0.25) is 0 Å². The third kappa shape index (κ3) is 5.19. The topological polar surface area (TPSA) is 26.0 Å². The minimum atomic E-state index is 0.377. The molecule has 0 saturated carbocycles. The highest BCUT2D eigenvalue weighted by atomic mass is 35.5. The number of aryl methyl sites for hydroxylation is 1. The standard InChI is InChI=1S/C13H20ClN/c1-2-4-13(15)6-3-5-11-7-9-12(14)10-8-11/h7-10,13H,2-6,15H2,1H3. The molecule has 0 bridgehead atoms. The molecule has 2 N–H and O–H groups in total.